The van der Waals surface area contributed by atoms with Gasteiger partial charge in [-0.2, -0.15) is 0 Å². The van der Waals surface area contributed by atoms with Crippen LogP contribution in [0.4, 0.5) is 22.7 Å². The quantitative estimate of drug-likeness (QED) is 0.152. The maximum atomic E-state index is 7.12. The van der Waals surface area contributed by atoms with Gasteiger partial charge in [-0.1, -0.05) is 151 Å². The largest absolute Gasteiger partial charge is 0.457 e. The van der Waals surface area contributed by atoms with Gasteiger partial charge < -0.3 is 14.5 Å². The molecular formula is C60H66N4O. The molecular weight excluding hydrogens is 793 g/mol. The molecule has 3 heterocycles. The summed E-state index contributed by atoms with van der Waals surface area (Å²) in [4.78, 5) is 9.95. The average Bonchev–Trinajstić information content (AvgIpc) is 3.81. The van der Waals surface area contributed by atoms with E-state index in [9.17, 15) is 0 Å². The summed E-state index contributed by atoms with van der Waals surface area (Å²) in [5.74, 6) is 2.80. The van der Waals surface area contributed by atoms with Crippen molar-refractivity contribution in [3.8, 4) is 28.4 Å². The molecule has 0 radical (unpaired) electrons. The van der Waals surface area contributed by atoms with Crippen molar-refractivity contribution >= 4 is 44.6 Å². The van der Waals surface area contributed by atoms with Crippen molar-refractivity contribution in [1.29, 1.82) is 0 Å². The zero-order chi connectivity index (χ0) is 46.2. The van der Waals surface area contributed by atoms with E-state index in [0.29, 0.717) is 12.6 Å². The molecule has 65 heavy (non-hydrogen) atoms. The van der Waals surface area contributed by atoms with Gasteiger partial charge in [0.2, 0.25) is 0 Å². The summed E-state index contributed by atoms with van der Waals surface area (Å²) < 4.78 is 9.42. The second-order valence-electron chi connectivity index (χ2n) is 22.1. The van der Waals surface area contributed by atoms with E-state index in [1.807, 2.05) is 6.20 Å². The summed E-state index contributed by atoms with van der Waals surface area (Å²) in [5.41, 5.74) is 14.3. The summed E-state index contributed by atoms with van der Waals surface area (Å²) in [6.07, 6.45) is 1.96. The molecule has 1 aliphatic rings. The van der Waals surface area contributed by atoms with Crippen LogP contribution in [0.25, 0.3) is 38.8 Å². The third-order valence-electron chi connectivity index (χ3n) is 14.3. The fraction of sp³-hybridized carbons (Fsp3) is 0.317. The van der Waals surface area contributed by atoms with Crippen molar-refractivity contribution in [3.63, 3.8) is 0 Å². The van der Waals surface area contributed by atoms with Gasteiger partial charge >= 0.3 is 0 Å². The van der Waals surface area contributed by atoms with Crippen LogP contribution < -0.4 is 14.5 Å². The molecule has 9 rings (SSSR count). The third kappa shape index (κ3) is 8.09. The van der Waals surface area contributed by atoms with Gasteiger partial charge in [0.1, 0.15) is 24.0 Å². The maximum Gasteiger partial charge on any atom is 0.137 e. The molecule has 0 saturated heterocycles. The molecule has 0 fully saturated rings. The maximum absolute atomic E-state index is 7.12. The van der Waals surface area contributed by atoms with Gasteiger partial charge in [-0.25, -0.2) is 4.98 Å². The highest BCUT2D eigenvalue weighted by molar-refractivity contribution is 6.09. The lowest BCUT2D eigenvalue weighted by Crippen LogP contribution is -2.34. The highest BCUT2D eigenvalue weighted by Gasteiger charge is 2.35. The van der Waals surface area contributed by atoms with Crippen LogP contribution >= 0.6 is 0 Å². The van der Waals surface area contributed by atoms with Crippen LogP contribution in [0.3, 0.4) is 0 Å². The predicted octanol–water partition coefficient (Wildman–Crippen LogP) is 16.9. The average molecular weight is 859 g/mol. The molecule has 0 bridgehead atoms. The van der Waals surface area contributed by atoms with Gasteiger partial charge in [0.25, 0.3) is 0 Å². The number of fused-ring (bicyclic) bond motifs is 4. The highest BCUT2D eigenvalue weighted by Crippen LogP contribution is 2.49. The first kappa shape index (κ1) is 43.9. The molecule has 0 aliphatic carbocycles. The first-order chi connectivity index (χ1) is 30.7. The first-order valence-corrected chi connectivity index (χ1v) is 23.4. The Hall–Kier alpha value is -6.33. The molecule has 1 aliphatic heterocycles. The zero-order valence-electron chi connectivity index (χ0n) is 40.8. The van der Waals surface area contributed by atoms with Gasteiger partial charge in [-0.3, -0.25) is 4.57 Å². The minimum absolute atomic E-state index is 0.0205. The first-order valence-electron chi connectivity index (χ1n) is 23.4. The summed E-state index contributed by atoms with van der Waals surface area (Å²) in [6.45, 7) is 30.6. The number of aromatic nitrogens is 2. The van der Waals surface area contributed by atoms with E-state index in [2.05, 4.69) is 244 Å². The number of pyridine rings is 1. The van der Waals surface area contributed by atoms with Gasteiger partial charge in [-0.15, -0.1) is 0 Å². The molecule has 2 aromatic heterocycles. The predicted molar refractivity (Wildman–Crippen MR) is 277 cm³/mol. The molecule has 5 nitrogen and oxygen atoms in total. The van der Waals surface area contributed by atoms with Gasteiger partial charge in [0, 0.05) is 40.5 Å². The Kier molecular flexibility index (Phi) is 10.8. The Bertz CT molecular complexity index is 3070. The van der Waals surface area contributed by atoms with Crippen molar-refractivity contribution in [2.45, 2.75) is 112 Å². The molecule has 0 amide bonds. The number of hydrogen-bond acceptors (Lipinski definition) is 4. The van der Waals surface area contributed by atoms with E-state index in [1.165, 1.54) is 50.3 Å². The van der Waals surface area contributed by atoms with Gasteiger partial charge in [0.15, 0.2) is 0 Å². The molecule has 8 aromatic rings. The lowest BCUT2D eigenvalue weighted by molar-refractivity contribution is 0.225. The smallest absolute Gasteiger partial charge is 0.137 e. The number of nitrogens with zero attached hydrogens (tertiary/aromatic N) is 4. The fourth-order valence-corrected chi connectivity index (χ4v) is 9.29. The topological polar surface area (TPSA) is 33.5 Å². The zero-order valence-corrected chi connectivity index (χ0v) is 40.8. The Morgan fingerprint density at radius 1 is 0.523 bits per heavy atom. The normalized spacial score (nSPS) is 13.6. The van der Waals surface area contributed by atoms with Crippen LogP contribution in [0.1, 0.15) is 118 Å². The Balaban J connectivity index is 1.20. The number of hydrogen-bond donors (Lipinski definition) is 0. The standard InChI is InChI=1S/C60H66N4O/c1-39(2)48-21-14-15-22-49(48)40-31-45(63-38-62(44-20-18-19-41(33-44)57(3,4)5)53-28-25-42(34-55(53)63)58(6,7)8)36-47(32-40)65-46-26-27-51-50-23-16-17-24-52(50)64(54(51)37-46)56-35-43(29-30-61-56)60(12,13)59(9,10)11/h14-37,39H,38H2,1-13H3. The summed E-state index contributed by atoms with van der Waals surface area (Å²) in [7, 11) is 0. The van der Waals surface area contributed by atoms with Gasteiger partial charge in [0.05, 0.1) is 22.4 Å². The van der Waals surface area contributed by atoms with E-state index in [4.69, 9.17) is 9.72 Å². The Morgan fingerprint density at radius 2 is 1.22 bits per heavy atom. The van der Waals surface area contributed by atoms with Crippen molar-refractivity contribution in [2.24, 2.45) is 5.41 Å². The lowest BCUT2D eigenvalue weighted by atomic mass is 9.65. The minimum Gasteiger partial charge on any atom is -0.457 e. The number of rotatable bonds is 8. The van der Waals surface area contributed by atoms with E-state index < -0.39 is 0 Å². The molecule has 0 spiro atoms. The molecule has 0 atom stereocenters. The number of benzene rings is 6. The summed E-state index contributed by atoms with van der Waals surface area (Å²) >= 11 is 0. The van der Waals surface area contributed by atoms with E-state index in [0.717, 1.165) is 45.0 Å². The molecule has 0 N–H and O–H groups in total. The molecule has 0 saturated carbocycles. The number of para-hydroxylation sites is 1. The Morgan fingerprint density at radius 3 is 1.95 bits per heavy atom. The van der Waals surface area contributed by atoms with E-state index in [1.54, 1.807) is 0 Å². The minimum atomic E-state index is -0.0771. The third-order valence-corrected chi connectivity index (χ3v) is 14.3. The molecule has 6 aromatic carbocycles. The van der Waals surface area contributed by atoms with Crippen LogP contribution in [0.5, 0.6) is 11.5 Å². The fourth-order valence-electron chi connectivity index (χ4n) is 9.29. The summed E-state index contributed by atoms with van der Waals surface area (Å²) in [5, 5.41) is 2.35. The van der Waals surface area contributed by atoms with Gasteiger partial charge in [-0.05, 0) is 128 Å². The van der Waals surface area contributed by atoms with Crippen LogP contribution in [0.15, 0.2) is 146 Å². The SMILES string of the molecule is CC(C)c1ccccc1-c1cc(Oc2ccc3c4ccccc4n(-c4cc(C(C)(C)C(C)(C)C)ccn4)c3c2)cc(N2CN(c3cccc(C(C)(C)C)c3)c3ccc(C(C)(C)C)cc32)c1. The summed E-state index contributed by atoms with van der Waals surface area (Å²) in [6, 6.07) is 51.3. The van der Waals surface area contributed by atoms with Crippen molar-refractivity contribution in [3.05, 3.63) is 168 Å². The number of ether oxygens (including phenoxy) is 1. The van der Waals surface area contributed by atoms with Crippen LogP contribution in [0, 0.1) is 5.41 Å². The number of anilines is 4. The van der Waals surface area contributed by atoms with E-state index >= 15 is 0 Å². The monoisotopic (exact) mass is 859 g/mol. The molecule has 5 heteroatoms. The van der Waals surface area contributed by atoms with Crippen molar-refractivity contribution in [1.82, 2.24) is 9.55 Å². The lowest BCUT2D eigenvalue weighted by Gasteiger charge is -2.39. The molecule has 332 valence electrons. The second kappa shape index (κ2) is 16.0. The van der Waals surface area contributed by atoms with Crippen molar-refractivity contribution < 1.29 is 4.74 Å². The van der Waals surface area contributed by atoms with Crippen LogP contribution in [-0.4, -0.2) is 16.2 Å². The van der Waals surface area contributed by atoms with Crippen molar-refractivity contribution in [2.75, 3.05) is 16.5 Å². The van der Waals surface area contributed by atoms with Crippen LogP contribution in [-0.2, 0) is 16.2 Å². The van der Waals surface area contributed by atoms with Crippen LogP contribution in [0.2, 0.25) is 0 Å². The Labute approximate surface area is 387 Å². The highest BCUT2D eigenvalue weighted by atomic mass is 16.5. The second-order valence-corrected chi connectivity index (χ2v) is 22.1. The van der Waals surface area contributed by atoms with E-state index in [-0.39, 0.29) is 21.7 Å². The molecule has 0 unspecified atom stereocenters.